The minimum atomic E-state index is 0.410. The highest BCUT2D eigenvalue weighted by atomic mass is 79.9. The van der Waals surface area contributed by atoms with Crippen molar-refractivity contribution in [3.8, 4) is 11.4 Å². The normalized spacial score (nSPS) is 11.2. The van der Waals surface area contributed by atoms with Crippen molar-refractivity contribution >= 4 is 26.7 Å². The van der Waals surface area contributed by atoms with Gasteiger partial charge in [0, 0.05) is 16.6 Å². The van der Waals surface area contributed by atoms with Gasteiger partial charge >= 0.3 is 0 Å². The van der Waals surface area contributed by atoms with Gasteiger partial charge in [-0.15, -0.1) is 10.2 Å². The van der Waals surface area contributed by atoms with Crippen LogP contribution in [-0.2, 0) is 13.1 Å². The van der Waals surface area contributed by atoms with Gasteiger partial charge in [-0.3, -0.25) is 0 Å². The van der Waals surface area contributed by atoms with Gasteiger partial charge in [0.25, 0.3) is 0 Å². The Labute approximate surface area is 132 Å². The molecule has 3 rings (SSSR count). The molecule has 0 saturated heterocycles. The molecule has 4 nitrogen and oxygen atoms in total. The van der Waals surface area contributed by atoms with Crippen molar-refractivity contribution in [2.45, 2.75) is 26.4 Å². The van der Waals surface area contributed by atoms with Gasteiger partial charge in [0.05, 0.1) is 6.54 Å². The first-order chi connectivity index (χ1) is 10.2. The second-order valence-corrected chi connectivity index (χ2v) is 5.92. The van der Waals surface area contributed by atoms with E-state index in [1.54, 1.807) is 0 Å². The molecule has 1 heterocycles. The Balaban J connectivity index is 2.11. The van der Waals surface area contributed by atoms with Crippen LogP contribution >= 0.6 is 15.9 Å². The van der Waals surface area contributed by atoms with E-state index < -0.39 is 0 Å². The predicted molar refractivity (Wildman–Crippen MR) is 88.8 cm³/mol. The second kappa shape index (κ2) is 5.95. The molecule has 0 unspecified atom stereocenters. The molecule has 0 aliphatic heterocycles. The lowest BCUT2D eigenvalue weighted by Crippen LogP contribution is -2.09. The molecule has 0 amide bonds. The molecule has 0 bridgehead atoms. The lowest BCUT2D eigenvalue weighted by Gasteiger charge is -2.09. The first kappa shape index (κ1) is 14.2. The van der Waals surface area contributed by atoms with Crippen molar-refractivity contribution in [2.75, 3.05) is 0 Å². The van der Waals surface area contributed by atoms with Crippen molar-refractivity contribution in [1.29, 1.82) is 0 Å². The van der Waals surface area contributed by atoms with Crippen LogP contribution in [0, 0.1) is 0 Å². The van der Waals surface area contributed by atoms with E-state index in [2.05, 4.69) is 67.9 Å². The first-order valence-corrected chi connectivity index (χ1v) is 7.84. The van der Waals surface area contributed by atoms with Crippen molar-refractivity contribution < 1.29 is 0 Å². The highest BCUT2D eigenvalue weighted by Gasteiger charge is 2.12. The highest BCUT2D eigenvalue weighted by Crippen LogP contribution is 2.26. The molecule has 0 radical (unpaired) electrons. The fourth-order valence-corrected chi connectivity index (χ4v) is 2.89. The largest absolute Gasteiger partial charge is 0.324 e. The van der Waals surface area contributed by atoms with Gasteiger partial charge in [-0.25, -0.2) is 0 Å². The van der Waals surface area contributed by atoms with Gasteiger partial charge in [-0.1, -0.05) is 41.1 Å². The molecule has 2 aromatic carbocycles. The van der Waals surface area contributed by atoms with Gasteiger partial charge in [0.1, 0.15) is 5.82 Å². The number of halogens is 1. The van der Waals surface area contributed by atoms with Gasteiger partial charge in [0.15, 0.2) is 5.82 Å². The third-order valence-corrected chi connectivity index (χ3v) is 4.01. The van der Waals surface area contributed by atoms with E-state index >= 15 is 0 Å². The lowest BCUT2D eigenvalue weighted by atomic mass is 10.1. The molecule has 2 N–H and O–H groups in total. The Bertz CT molecular complexity index is 779. The maximum Gasteiger partial charge on any atom is 0.164 e. The number of rotatable bonds is 4. The zero-order chi connectivity index (χ0) is 14.8. The zero-order valence-electron chi connectivity index (χ0n) is 11.9. The average molecular weight is 345 g/mol. The van der Waals surface area contributed by atoms with Crippen LogP contribution in [-0.4, -0.2) is 14.8 Å². The van der Waals surface area contributed by atoms with Crippen LogP contribution in [0.5, 0.6) is 0 Å². The van der Waals surface area contributed by atoms with E-state index in [1.807, 2.05) is 6.07 Å². The number of aromatic nitrogens is 3. The van der Waals surface area contributed by atoms with Gasteiger partial charge in [-0.2, -0.15) is 0 Å². The fourth-order valence-electron chi connectivity index (χ4n) is 2.51. The molecular weight excluding hydrogens is 328 g/mol. The van der Waals surface area contributed by atoms with Gasteiger partial charge < -0.3 is 10.3 Å². The summed E-state index contributed by atoms with van der Waals surface area (Å²) in [4.78, 5) is 0. The predicted octanol–water partition coefficient (Wildman–Crippen LogP) is 3.73. The molecule has 0 aliphatic rings. The number of hydrogen-bond acceptors (Lipinski definition) is 3. The van der Waals surface area contributed by atoms with Crippen LogP contribution in [0.3, 0.4) is 0 Å². The molecule has 21 heavy (non-hydrogen) atoms. The molecule has 5 heteroatoms. The maximum absolute atomic E-state index is 5.75. The van der Waals surface area contributed by atoms with Crippen molar-refractivity contribution in [1.82, 2.24) is 14.8 Å². The Morgan fingerprint density at radius 1 is 1.10 bits per heavy atom. The van der Waals surface area contributed by atoms with E-state index in [-0.39, 0.29) is 0 Å². The Kier molecular flexibility index (Phi) is 4.03. The molecule has 108 valence electrons. The summed E-state index contributed by atoms with van der Waals surface area (Å²) in [6.07, 6.45) is 1.03. The highest BCUT2D eigenvalue weighted by molar-refractivity contribution is 9.10. The maximum atomic E-state index is 5.75. The van der Waals surface area contributed by atoms with E-state index in [1.165, 1.54) is 10.8 Å². The van der Waals surface area contributed by atoms with Crippen LogP contribution in [0.2, 0.25) is 0 Å². The smallest absolute Gasteiger partial charge is 0.164 e. The van der Waals surface area contributed by atoms with Crippen LogP contribution in [0.25, 0.3) is 22.2 Å². The van der Waals surface area contributed by atoms with Crippen LogP contribution < -0.4 is 5.73 Å². The molecular formula is C16H17BrN4. The van der Waals surface area contributed by atoms with E-state index in [4.69, 9.17) is 5.73 Å². The minimum Gasteiger partial charge on any atom is -0.324 e. The third kappa shape index (κ3) is 2.71. The Morgan fingerprint density at radius 2 is 1.86 bits per heavy atom. The standard InChI is InChI=1S/C16H17BrN4/c1-2-7-21-15(10-18)19-20-16(21)13-4-3-12-9-14(17)6-5-11(12)8-13/h3-6,8-9H,2,7,10,18H2,1H3. The average Bonchev–Trinajstić information content (AvgIpc) is 2.90. The minimum absolute atomic E-state index is 0.410. The second-order valence-electron chi connectivity index (χ2n) is 5.00. The zero-order valence-corrected chi connectivity index (χ0v) is 13.5. The van der Waals surface area contributed by atoms with Crippen LogP contribution in [0.4, 0.5) is 0 Å². The molecule has 0 saturated carbocycles. The van der Waals surface area contributed by atoms with Crippen LogP contribution in [0.1, 0.15) is 19.2 Å². The lowest BCUT2D eigenvalue weighted by molar-refractivity contribution is 0.644. The molecule has 0 atom stereocenters. The van der Waals surface area contributed by atoms with Crippen molar-refractivity contribution in [2.24, 2.45) is 5.73 Å². The summed E-state index contributed by atoms with van der Waals surface area (Å²) in [6, 6.07) is 12.6. The van der Waals surface area contributed by atoms with Crippen molar-refractivity contribution in [3.05, 3.63) is 46.7 Å². The Morgan fingerprint density at radius 3 is 2.62 bits per heavy atom. The number of nitrogens with two attached hydrogens (primary N) is 1. The summed E-state index contributed by atoms with van der Waals surface area (Å²) < 4.78 is 3.20. The monoisotopic (exact) mass is 344 g/mol. The number of fused-ring (bicyclic) bond motifs is 1. The number of nitrogens with zero attached hydrogens (tertiary/aromatic N) is 3. The first-order valence-electron chi connectivity index (χ1n) is 7.04. The van der Waals surface area contributed by atoms with E-state index in [9.17, 15) is 0 Å². The number of benzene rings is 2. The summed E-state index contributed by atoms with van der Waals surface area (Å²) in [5, 5.41) is 10.9. The SMILES string of the molecule is CCCn1c(CN)nnc1-c1ccc2cc(Br)ccc2c1. The molecule has 0 fully saturated rings. The van der Waals surface area contributed by atoms with Crippen LogP contribution in [0.15, 0.2) is 40.9 Å². The topological polar surface area (TPSA) is 56.7 Å². The summed E-state index contributed by atoms with van der Waals surface area (Å²) in [5.74, 6) is 1.73. The third-order valence-electron chi connectivity index (χ3n) is 3.52. The molecule has 0 spiro atoms. The summed E-state index contributed by atoms with van der Waals surface area (Å²) in [6.45, 7) is 3.43. The quantitative estimate of drug-likeness (QED) is 0.784. The number of hydrogen-bond donors (Lipinski definition) is 1. The molecule has 3 aromatic rings. The summed E-state index contributed by atoms with van der Waals surface area (Å²) in [5.41, 5.74) is 6.83. The van der Waals surface area contributed by atoms with Gasteiger partial charge in [-0.05, 0) is 35.4 Å². The van der Waals surface area contributed by atoms with Crippen molar-refractivity contribution in [3.63, 3.8) is 0 Å². The van der Waals surface area contributed by atoms with E-state index in [0.717, 1.165) is 34.7 Å². The summed E-state index contributed by atoms with van der Waals surface area (Å²) >= 11 is 3.50. The van der Waals surface area contributed by atoms with Gasteiger partial charge in [0.2, 0.25) is 0 Å². The molecule has 0 aliphatic carbocycles. The fraction of sp³-hybridized carbons (Fsp3) is 0.250. The molecule has 1 aromatic heterocycles. The Hall–Kier alpha value is -1.72. The van der Waals surface area contributed by atoms with E-state index in [0.29, 0.717) is 6.54 Å². The summed E-state index contributed by atoms with van der Waals surface area (Å²) in [7, 11) is 0.